The minimum Gasteiger partial charge on any atom is -0.456 e. The molecule has 0 saturated carbocycles. The van der Waals surface area contributed by atoms with Crippen molar-refractivity contribution >= 4 is 71.3 Å². The van der Waals surface area contributed by atoms with E-state index in [-0.39, 0.29) is 0 Å². The quantitative estimate of drug-likeness (QED) is 0.160. The molecule has 0 radical (unpaired) electrons. The molecular weight excluding hydrogens is 679 g/mol. The van der Waals surface area contributed by atoms with Crippen LogP contribution in [0.2, 0.25) is 0 Å². The Morgan fingerprint density at radius 3 is 1.73 bits per heavy atom. The molecule has 11 rings (SSSR count). The molecule has 0 saturated heterocycles. The van der Waals surface area contributed by atoms with Crippen molar-refractivity contribution in [3.8, 4) is 33.4 Å². The lowest BCUT2D eigenvalue weighted by Gasteiger charge is -2.30. The van der Waals surface area contributed by atoms with Crippen molar-refractivity contribution in [2.75, 3.05) is 4.90 Å². The summed E-state index contributed by atoms with van der Waals surface area (Å²) in [6.45, 7) is 0. The van der Waals surface area contributed by atoms with Gasteiger partial charge in [0.1, 0.15) is 11.2 Å². The van der Waals surface area contributed by atoms with Gasteiger partial charge in [0.05, 0.1) is 11.4 Å². The lowest BCUT2D eigenvalue weighted by molar-refractivity contribution is 0.669. The predicted octanol–water partition coefficient (Wildman–Crippen LogP) is 15.5. The van der Waals surface area contributed by atoms with Gasteiger partial charge in [-0.15, -0.1) is 0 Å². The zero-order valence-electron chi connectivity index (χ0n) is 30.6. The fourth-order valence-corrected chi connectivity index (χ4v) is 8.68. The van der Waals surface area contributed by atoms with Crippen molar-refractivity contribution in [3.63, 3.8) is 0 Å². The maximum atomic E-state index is 6.27. The number of para-hydroxylation sites is 2. The highest BCUT2D eigenvalue weighted by atomic mass is 16.3. The Morgan fingerprint density at radius 2 is 0.875 bits per heavy atom. The fraction of sp³-hybridized carbons (Fsp3) is 0. The summed E-state index contributed by atoms with van der Waals surface area (Å²) in [5, 5.41) is 9.65. The SMILES string of the molecule is c1cc(-c2ccccc2N(c2ccc(-c3cccc4oc5ccccc5c34)cc2)c2cc3ccccc3c3ccccc23)cc(-c2cccc3ccccc23)c1. The molecule has 0 spiro atoms. The van der Waals surface area contributed by atoms with Crippen LogP contribution in [0.4, 0.5) is 17.1 Å². The second-order valence-corrected chi connectivity index (χ2v) is 14.4. The molecule has 262 valence electrons. The average molecular weight is 714 g/mol. The summed E-state index contributed by atoms with van der Waals surface area (Å²) in [4.78, 5) is 2.45. The number of fused-ring (bicyclic) bond motifs is 7. The number of anilines is 3. The molecule has 0 aliphatic heterocycles. The zero-order valence-corrected chi connectivity index (χ0v) is 30.6. The minimum absolute atomic E-state index is 0.900. The number of benzene rings is 10. The van der Waals surface area contributed by atoms with Crippen LogP contribution in [0.3, 0.4) is 0 Å². The van der Waals surface area contributed by atoms with Gasteiger partial charge in [-0.3, -0.25) is 0 Å². The Bertz CT molecular complexity index is 3260. The third kappa shape index (κ3) is 5.26. The van der Waals surface area contributed by atoms with Crippen molar-refractivity contribution in [1.29, 1.82) is 0 Å². The Hall–Kier alpha value is -7.42. The van der Waals surface area contributed by atoms with E-state index in [1.54, 1.807) is 0 Å². The van der Waals surface area contributed by atoms with Crippen molar-refractivity contribution in [1.82, 2.24) is 0 Å². The molecule has 0 unspecified atom stereocenters. The van der Waals surface area contributed by atoms with Gasteiger partial charge >= 0.3 is 0 Å². The molecule has 0 aliphatic rings. The molecule has 11 aromatic rings. The van der Waals surface area contributed by atoms with Crippen molar-refractivity contribution in [2.45, 2.75) is 0 Å². The van der Waals surface area contributed by atoms with Crippen LogP contribution in [-0.4, -0.2) is 0 Å². The maximum absolute atomic E-state index is 6.27. The molecule has 0 amide bonds. The van der Waals surface area contributed by atoms with Crippen molar-refractivity contribution in [3.05, 3.63) is 212 Å². The summed E-state index contributed by atoms with van der Waals surface area (Å²) in [7, 11) is 0. The van der Waals surface area contributed by atoms with Gasteiger partial charge < -0.3 is 9.32 Å². The Balaban J connectivity index is 1.12. The predicted molar refractivity (Wildman–Crippen MR) is 237 cm³/mol. The van der Waals surface area contributed by atoms with Gasteiger partial charge in [0.15, 0.2) is 0 Å². The Kier molecular flexibility index (Phi) is 7.53. The molecule has 0 atom stereocenters. The molecule has 0 fully saturated rings. The van der Waals surface area contributed by atoms with E-state index in [4.69, 9.17) is 4.42 Å². The second kappa shape index (κ2) is 13.2. The number of furan rings is 1. The largest absolute Gasteiger partial charge is 0.456 e. The number of hydrogen-bond donors (Lipinski definition) is 0. The molecule has 1 heterocycles. The minimum atomic E-state index is 0.900. The number of hydrogen-bond acceptors (Lipinski definition) is 2. The van der Waals surface area contributed by atoms with Crippen LogP contribution in [0.5, 0.6) is 0 Å². The summed E-state index contributed by atoms with van der Waals surface area (Å²) >= 11 is 0. The van der Waals surface area contributed by atoms with Gasteiger partial charge in [-0.1, -0.05) is 170 Å². The summed E-state index contributed by atoms with van der Waals surface area (Å²) in [5.41, 5.74) is 12.2. The van der Waals surface area contributed by atoms with E-state index < -0.39 is 0 Å². The first-order chi connectivity index (χ1) is 27.8. The lowest BCUT2D eigenvalue weighted by atomic mass is 9.94. The van der Waals surface area contributed by atoms with Crippen LogP contribution in [0, 0.1) is 0 Å². The molecule has 0 bridgehead atoms. The van der Waals surface area contributed by atoms with Crippen LogP contribution < -0.4 is 4.90 Å². The first-order valence-electron chi connectivity index (χ1n) is 19.2. The van der Waals surface area contributed by atoms with Gasteiger partial charge in [0.25, 0.3) is 0 Å². The van der Waals surface area contributed by atoms with E-state index in [2.05, 4.69) is 205 Å². The van der Waals surface area contributed by atoms with Gasteiger partial charge in [-0.25, -0.2) is 0 Å². The van der Waals surface area contributed by atoms with E-state index in [0.717, 1.165) is 61.3 Å². The zero-order chi connectivity index (χ0) is 37.0. The Morgan fingerprint density at radius 1 is 0.304 bits per heavy atom. The van der Waals surface area contributed by atoms with Crippen LogP contribution in [0.15, 0.2) is 217 Å². The normalized spacial score (nSPS) is 11.6. The average Bonchev–Trinajstić information content (AvgIpc) is 3.66. The highest BCUT2D eigenvalue weighted by Crippen LogP contribution is 2.46. The molecule has 56 heavy (non-hydrogen) atoms. The topological polar surface area (TPSA) is 16.4 Å². The highest BCUT2D eigenvalue weighted by molar-refractivity contribution is 6.15. The van der Waals surface area contributed by atoms with Gasteiger partial charge in [-0.2, -0.15) is 0 Å². The standard InChI is InChI=1S/C54H35NO/c1-3-19-42-36(14-1)16-12-25-43(42)38-17-11-18-39(34-38)45-21-7-9-27-50(45)55(51-35-40-15-2-4-20-44(40)47-22-5-6-23-48(47)51)41-32-30-37(31-33-41)46-26-13-29-53-54(46)49-24-8-10-28-52(49)56-53/h1-35H. The molecule has 2 nitrogen and oxygen atoms in total. The molecule has 2 heteroatoms. The Labute approximate surface area is 325 Å². The monoisotopic (exact) mass is 713 g/mol. The van der Waals surface area contributed by atoms with E-state index in [0.29, 0.717) is 0 Å². The lowest BCUT2D eigenvalue weighted by Crippen LogP contribution is -2.12. The summed E-state index contributed by atoms with van der Waals surface area (Å²) < 4.78 is 6.27. The molecule has 0 aliphatic carbocycles. The van der Waals surface area contributed by atoms with Crippen LogP contribution in [0.1, 0.15) is 0 Å². The molecule has 10 aromatic carbocycles. The van der Waals surface area contributed by atoms with E-state index in [9.17, 15) is 0 Å². The van der Waals surface area contributed by atoms with Crippen LogP contribution >= 0.6 is 0 Å². The summed E-state index contributed by atoms with van der Waals surface area (Å²) in [5.74, 6) is 0. The maximum Gasteiger partial charge on any atom is 0.136 e. The van der Waals surface area contributed by atoms with Gasteiger partial charge in [0, 0.05) is 27.4 Å². The van der Waals surface area contributed by atoms with Gasteiger partial charge in [0.2, 0.25) is 0 Å². The fourth-order valence-electron chi connectivity index (χ4n) is 8.68. The first kappa shape index (κ1) is 32.0. The van der Waals surface area contributed by atoms with Crippen molar-refractivity contribution < 1.29 is 4.42 Å². The van der Waals surface area contributed by atoms with E-state index in [1.165, 1.54) is 43.4 Å². The first-order valence-corrected chi connectivity index (χ1v) is 19.2. The van der Waals surface area contributed by atoms with Gasteiger partial charge in [-0.05, 0) is 97.2 Å². The number of nitrogens with zero attached hydrogens (tertiary/aromatic N) is 1. The van der Waals surface area contributed by atoms with Crippen molar-refractivity contribution in [2.24, 2.45) is 0 Å². The smallest absolute Gasteiger partial charge is 0.136 e. The third-order valence-electron chi connectivity index (χ3n) is 11.2. The molecule has 1 aromatic heterocycles. The van der Waals surface area contributed by atoms with E-state index in [1.807, 2.05) is 12.1 Å². The molecular formula is C54H35NO. The van der Waals surface area contributed by atoms with Crippen LogP contribution in [-0.2, 0) is 0 Å². The molecule has 0 N–H and O–H groups in total. The number of rotatable bonds is 6. The summed E-state index contributed by atoms with van der Waals surface area (Å²) in [6.07, 6.45) is 0. The summed E-state index contributed by atoms with van der Waals surface area (Å²) in [6, 6.07) is 76.6. The van der Waals surface area contributed by atoms with E-state index >= 15 is 0 Å². The third-order valence-corrected chi connectivity index (χ3v) is 11.2. The second-order valence-electron chi connectivity index (χ2n) is 14.4. The van der Waals surface area contributed by atoms with Crippen LogP contribution in [0.25, 0.3) is 87.6 Å². The highest BCUT2D eigenvalue weighted by Gasteiger charge is 2.21.